The number of hydrogen-bond donors (Lipinski definition) is 0. The summed E-state index contributed by atoms with van der Waals surface area (Å²) in [5, 5.41) is 0. The van der Waals surface area contributed by atoms with Gasteiger partial charge in [0.25, 0.3) is 0 Å². The van der Waals surface area contributed by atoms with Gasteiger partial charge in [0.2, 0.25) is 0 Å². The van der Waals surface area contributed by atoms with Crippen molar-refractivity contribution < 1.29 is 57.5 Å². The molecule has 2 nitrogen and oxygen atoms in total. The van der Waals surface area contributed by atoms with Crippen LogP contribution in [0.25, 0.3) is 0 Å². The van der Waals surface area contributed by atoms with Crippen molar-refractivity contribution in [3.63, 3.8) is 0 Å². The molecule has 0 bridgehead atoms. The van der Waals surface area contributed by atoms with E-state index in [0.717, 1.165) is 26.1 Å². The summed E-state index contributed by atoms with van der Waals surface area (Å²) < 4.78 is 15.3. The Hall–Kier alpha value is 0.343. The molecule has 4 aliphatic rings. The molecule has 0 aromatic rings. The predicted octanol–water partition coefficient (Wildman–Crippen LogP) is -1.36. The predicted molar refractivity (Wildman–Crippen MR) is 88.7 cm³/mol. The monoisotopic (exact) mass is 458 g/mol. The standard InChI is InChI=1S/2C10H13O.2ClH.Zr/c2*1-2-5-9(4-1)8-10-6-3-7-11-10;;;/h2*1,4,10H,2-3,6-8H2;2*1H;/q;;;;+2/p-2. The molecule has 0 aromatic heterocycles. The fourth-order valence-corrected chi connectivity index (χ4v) is 7.71. The van der Waals surface area contributed by atoms with E-state index < -0.39 is 23.2 Å². The Balaban J connectivity index is 0.00000113. The number of allylic oxidation sites excluding steroid dienone is 6. The zero-order chi connectivity index (χ0) is 15.5. The van der Waals surface area contributed by atoms with Crippen LogP contribution in [0.2, 0.25) is 0 Å². The third-order valence-electron chi connectivity index (χ3n) is 5.30. The maximum Gasteiger partial charge on any atom is -1.00 e. The summed E-state index contributed by atoms with van der Waals surface area (Å²) in [6.07, 6.45) is 20.3. The molecule has 0 radical (unpaired) electrons. The van der Waals surface area contributed by atoms with Crippen molar-refractivity contribution in [2.24, 2.45) is 0 Å². The first-order valence-corrected chi connectivity index (χ1v) is 11.6. The van der Waals surface area contributed by atoms with E-state index in [0.29, 0.717) is 12.2 Å². The fourth-order valence-electron chi connectivity index (χ4n) is 4.03. The first-order chi connectivity index (χ1) is 11.4. The van der Waals surface area contributed by atoms with Crippen LogP contribution < -0.4 is 24.8 Å². The Morgan fingerprint density at radius 2 is 1.28 bits per heavy atom. The van der Waals surface area contributed by atoms with Crippen molar-refractivity contribution >= 4 is 0 Å². The van der Waals surface area contributed by atoms with Gasteiger partial charge in [0, 0.05) is 0 Å². The molecule has 2 aliphatic carbocycles. The molecule has 2 aliphatic heterocycles. The van der Waals surface area contributed by atoms with Gasteiger partial charge in [-0.3, -0.25) is 0 Å². The third kappa shape index (κ3) is 5.66. The maximum atomic E-state index is 5.85. The van der Waals surface area contributed by atoms with Crippen molar-refractivity contribution in [3.8, 4) is 0 Å². The van der Waals surface area contributed by atoms with E-state index in [2.05, 4.69) is 24.3 Å². The molecule has 2 saturated heterocycles. The van der Waals surface area contributed by atoms with Crippen LogP contribution in [0.1, 0.15) is 51.4 Å². The molecular weight excluding hydrogens is 434 g/mol. The van der Waals surface area contributed by atoms with Gasteiger partial charge >= 0.3 is 152 Å². The van der Waals surface area contributed by atoms with Gasteiger partial charge in [-0.15, -0.1) is 0 Å². The molecule has 4 rings (SSSR count). The SMILES string of the molecule is C1=CC(CC2CCCO2)=[C]([Zr+2][C]2=C(CC3CCCO3)C=CC2)C1.[Cl-].[Cl-]. The first kappa shape index (κ1) is 21.6. The van der Waals surface area contributed by atoms with Crippen molar-refractivity contribution in [3.05, 3.63) is 42.0 Å². The normalized spacial score (nSPS) is 27.7. The smallest absolute Gasteiger partial charge is 1.00 e. The molecule has 2 atom stereocenters. The van der Waals surface area contributed by atoms with Crippen LogP contribution in [-0.4, -0.2) is 25.4 Å². The Bertz CT molecular complexity index is 518. The summed E-state index contributed by atoms with van der Waals surface area (Å²) >= 11 is -0.606. The quantitative estimate of drug-likeness (QED) is 0.488. The Morgan fingerprint density at radius 1 is 0.800 bits per heavy atom. The second kappa shape index (κ2) is 10.6. The van der Waals surface area contributed by atoms with Gasteiger partial charge in [-0.2, -0.15) is 0 Å². The summed E-state index contributed by atoms with van der Waals surface area (Å²) in [7, 11) is 0. The van der Waals surface area contributed by atoms with Gasteiger partial charge in [-0.1, -0.05) is 0 Å². The minimum atomic E-state index is -0.606. The molecule has 0 amide bonds. The topological polar surface area (TPSA) is 18.5 Å². The van der Waals surface area contributed by atoms with E-state index >= 15 is 0 Å². The molecule has 2 heterocycles. The zero-order valence-electron chi connectivity index (χ0n) is 14.6. The molecule has 2 unspecified atom stereocenters. The molecule has 0 N–H and O–H groups in total. The van der Waals surface area contributed by atoms with Crippen molar-refractivity contribution in [2.75, 3.05) is 13.2 Å². The Labute approximate surface area is 175 Å². The zero-order valence-corrected chi connectivity index (χ0v) is 18.6. The second-order valence-corrected chi connectivity index (χ2v) is 10.6. The first-order valence-electron chi connectivity index (χ1n) is 9.16. The summed E-state index contributed by atoms with van der Waals surface area (Å²) in [6, 6.07) is 0. The van der Waals surface area contributed by atoms with Gasteiger partial charge in [0.15, 0.2) is 0 Å². The van der Waals surface area contributed by atoms with Crippen LogP contribution in [0, 0.1) is 0 Å². The molecular formula is C20H26Cl2O2Zr. The fraction of sp³-hybridized carbons (Fsp3) is 0.600. The summed E-state index contributed by atoms with van der Waals surface area (Å²) in [5.41, 5.74) is 3.25. The summed E-state index contributed by atoms with van der Waals surface area (Å²) in [4.78, 5) is 0. The third-order valence-corrected chi connectivity index (χ3v) is 9.37. The summed E-state index contributed by atoms with van der Waals surface area (Å²) in [5.74, 6) is 0. The molecule has 136 valence electrons. The van der Waals surface area contributed by atoms with Gasteiger partial charge < -0.3 is 24.8 Å². The van der Waals surface area contributed by atoms with Crippen LogP contribution in [0.4, 0.5) is 0 Å². The van der Waals surface area contributed by atoms with Gasteiger partial charge in [-0.25, -0.2) is 0 Å². The molecule has 0 saturated carbocycles. The van der Waals surface area contributed by atoms with Crippen LogP contribution in [0.3, 0.4) is 0 Å². The van der Waals surface area contributed by atoms with E-state index in [1.807, 2.05) is 0 Å². The minimum Gasteiger partial charge on any atom is -1.00 e. The largest absolute Gasteiger partial charge is 1.00 e. The number of rotatable bonds is 6. The van der Waals surface area contributed by atoms with Crippen molar-refractivity contribution in [1.29, 1.82) is 0 Å². The average molecular weight is 461 g/mol. The Morgan fingerprint density at radius 3 is 1.68 bits per heavy atom. The van der Waals surface area contributed by atoms with Crippen LogP contribution in [0.15, 0.2) is 42.0 Å². The summed E-state index contributed by atoms with van der Waals surface area (Å²) in [6.45, 7) is 1.94. The number of halogens is 2. The van der Waals surface area contributed by atoms with Gasteiger partial charge in [-0.05, 0) is 0 Å². The molecule has 0 spiro atoms. The van der Waals surface area contributed by atoms with Gasteiger partial charge in [0.1, 0.15) is 0 Å². The second-order valence-electron chi connectivity index (χ2n) is 7.02. The van der Waals surface area contributed by atoms with Crippen LogP contribution in [0.5, 0.6) is 0 Å². The number of ether oxygens (including phenoxy) is 2. The van der Waals surface area contributed by atoms with E-state index in [1.54, 1.807) is 17.7 Å². The van der Waals surface area contributed by atoms with E-state index in [-0.39, 0.29) is 24.8 Å². The maximum absolute atomic E-state index is 5.85. The molecule has 5 heteroatoms. The molecule has 0 aromatic carbocycles. The Kier molecular flexibility index (Phi) is 9.19. The van der Waals surface area contributed by atoms with Crippen molar-refractivity contribution in [2.45, 2.75) is 63.6 Å². The van der Waals surface area contributed by atoms with Crippen LogP contribution in [-0.2, 0) is 32.7 Å². The minimum absolute atomic E-state index is 0. The van der Waals surface area contributed by atoms with E-state index in [9.17, 15) is 0 Å². The average Bonchev–Trinajstić information content (AvgIpc) is 3.32. The van der Waals surface area contributed by atoms with Gasteiger partial charge in [0.05, 0.1) is 0 Å². The molecule has 25 heavy (non-hydrogen) atoms. The molecule has 2 fully saturated rings. The van der Waals surface area contributed by atoms with E-state index in [1.165, 1.54) is 38.5 Å². The number of hydrogen-bond acceptors (Lipinski definition) is 2. The van der Waals surface area contributed by atoms with E-state index in [4.69, 9.17) is 9.47 Å². The van der Waals surface area contributed by atoms with Crippen molar-refractivity contribution in [1.82, 2.24) is 0 Å². The van der Waals surface area contributed by atoms with Crippen LogP contribution >= 0.6 is 0 Å².